The molecule has 4 bridgehead atoms. The average molecular weight is 276 g/mol. The first-order valence-corrected chi connectivity index (χ1v) is 7.68. The maximum absolute atomic E-state index is 13.6. The lowest BCUT2D eigenvalue weighted by Gasteiger charge is -2.53. The molecule has 3 heteroatoms. The largest absolute Gasteiger partial charge is 0.370 e. The molecule has 2 heterocycles. The predicted molar refractivity (Wildman–Crippen MR) is 73.7 cm³/mol. The molecule has 5 rings (SSSR count). The molecule has 2 aliphatic carbocycles. The van der Waals surface area contributed by atoms with Gasteiger partial charge in [0.25, 0.3) is 0 Å². The molecule has 2 nitrogen and oxygen atoms in total. The van der Waals surface area contributed by atoms with Gasteiger partial charge in [0.2, 0.25) is 0 Å². The Bertz CT molecular complexity index is 501. The van der Waals surface area contributed by atoms with Crippen molar-refractivity contribution in [3.8, 4) is 0 Å². The molecule has 1 aromatic rings. The number of hydrogen-bond acceptors (Lipinski definition) is 2. The van der Waals surface area contributed by atoms with E-state index < -0.39 is 0 Å². The van der Waals surface area contributed by atoms with Crippen molar-refractivity contribution < 1.29 is 13.9 Å². The van der Waals surface area contributed by atoms with E-state index in [1.54, 1.807) is 12.1 Å². The minimum Gasteiger partial charge on any atom is -0.370 e. The van der Waals surface area contributed by atoms with Crippen LogP contribution >= 0.6 is 0 Å². The first-order chi connectivity index (χ1) is 9.66. The third-order valence-corrected chi connectivity index (χ3v) is 5.56. The van der Waals surface area contributed by atoms with E-state index >= 15 is 0 Å². The van der Waals surface area contributed by atoms with Crippen LogP contribution in [0.25, 0.3) is 0 Å². The van der Waals surface area contributed by atoms with Crippen molar-refractivity contribution in [3.63, 3.8) is 0 Å². The van der Waals surface area contributed by atoms with Crippen LogP contribution in [0, 0.1) is 17.7 Å². The average Bonchev–Trinajstić information content (AvgIpc) is 2.71. The van der Waals surface area contributed by atoms with Gasteiger partial charge in [0.1, 0.15) is 5.82 Å². The van der Waals surface area contributed by atoms with Gasteiger partial charge in [0, 0.05) is 5.56 Å². The molecule has 4 fully saturated rings. The van der Waals surface area contributed by atoms with E-state index in [4.69, 9.17) is 9.47 Å². The van der Waals surface area contributed by atoms with Crippen molar-refractivity contribution in [1.29, 1.82) is 0 Å². The van der Waals surface area contributed by atoms with Crippen LogP contribution in [-0.2, 0) is 16.1 Å². The van der Waals surface area contributed by atoms with Gasteiger partial charge in [-0.2, -0.15) is 0 Å². The smallest absolute Gasteiger partial charge is 0.128 e. The van der Waals surface area contributed by atoms with E-state index in [2.05, 4.69) is 6.92 Å². The quantitative estimate of drug-likeness (QED) is 0.838. The van der Waals surface area contributed by atoms with Crippen LogP contribution in [0.5, 0.6) is 0 Å². The molecule has 0 amide bonds. The summed E-state index contributed by atoms with van der Waals surface area (Å²) in [5.74, 6) is 1.31. The molecule has 2 aliphatic heterocycles. The zero-order chi connectivity index (χ0) is 13.7. The van der Waals surface area contributed by atoms with E-state index in [1.807, 2.05) is 6.07 Å². The topological polar surface area (TPSA) is 18.5 Å². The molecule has 108 valence electrons. The van der Waals surface area contributed by atoms with E-state index in [0.717, 1.165) is 18.8 Å². The molecule has 0 spiro atoms. The maximum Gasteiger partial charge on any atom is 0.128 e. The van der Waals surface area contributed by atoms with Crippen molar-refractivity contribution >= 4 is 0 Å². The van der Waals surface area contributed by atoms with Gasteiger partial charge in [-0.1, -0.05) is 18.2 Å². The normalized spacial score (nSPS) is 42.1. The Morgan fingerprint density at radius 1 is 1.35 bits per heavy atom. The molecule has 2 saturated carbocycles. The van der Waals surface area contributed by atoms with Crippen LogP contribution in [-0.4, -0.2) is 17.8 Å². The molecule has 2 saturated heterocycles. The van der Waals surface area contributed by atoms with Crippen molar-refractivity contribution in [2.45, 2.75) is 57.0 Å². The second-order valence-corrected chi connectivity index (χ2v) is 6.80. The molecule has 1 aromatic carbocycles. The van der Waals surface area contributed by atoms with E-state index in [0.29, 0.717) is 24.2 Å². The molecule has 4 aliphatic rings. The van der Waals surface area contributed by atoms with Crippen molar-refractivity contribution in [2.24, 2.45) is 11.8 Å². The zero-order valence-electron chi connectivity index (χ0n) is 11.8. The summed E-state index contributed by atoms with van der Waals surface area (Å²) in [6, 6.07) is 6.85. The maximum atomic E-state index is 13.6. The standard InChI is InChI=1S/C17H21FO2/c1-17-9-11-6-7-15(20-17)13(11)8-16(17)19-10-12-4-2-3-5-14(12)18/h2-5,11,13,15-16H,6-10H2,1H3/t11-,13-,15-,16+,17-/m1/s1. The number of hydrogen-bond donors (Lipinski definition) is 0. The first kappa shape index (κ1) is 12.8. The van der Waals surface area contributed by atoms with Crippen LogP contribution in [0.3, 0.4) is 0 Å². The van der Waals surface area contributed by atoms with E-state index in [9.17, 15) is 4.39 Å². The number of benzene rings is 1. The number of fused-ring (bicyclic) bond motifs is 1. The van der Waals surface area contributed by atoms with Crippen LogP contribution < -0.4 is 0 Å². The second kappa shape index (κ2) is 4.54. The van der Waals surface area contributed by atoms with Crippen molar-refractivity contribution in [1.82, 2.24) is 0 Å². The summed E-state index contributed by atoms with van der Waals surface area (Å²) in [4.78, 5) is 0. The lowest BCUT2D eigenvalue weighted by atomic mass is 9.68. The van der Waals surface area contributed by atoms with Gasteiger partial charge in [0.05, 0.1) is 24.4 Å². The van der Waals surface area contributed by atoms with Crippen molar-refractivity contribution in [3.05, 3.63) is 35.6 Å². The Hall–Kier alpha value is -0.930. The summed E-state index contributed by atoms with van der Waals surface area (Å²) in [5.41, 5.74) is 0.478. The number of ether oxygens (including phenoxy) is 2. The Morgan fingerprint density at radius 2 is 2.20 bits per heavy atom. The summed E-state index contributed by atoms with van der Waals surface area (Å²) in [6.07, 6.45) is 5.27. The Balaban J connectivity index is 1.47. The molecule has 0 radical (unpaired) electrons. The molecule has 0 aromatic heterocycles. The predicted octanol–water partition coefficient (Wildman–Crippen LogP) is 3.69. The van der Waals surface area contributed by atoms with Gasteiger partial charge >= 0.3 is 0 Å². The molecular formula is C17H21FO2. The molecular weight excluding hydrogens is 255 g/mol. The molecule has 0 N–H and O–H groups in total. The Morgan fingerprint density at radius 3 is 2.95 bits per heavy atom. The van der Waals surface area contributed by atoms with Crippen LogP contribution in [0.15, 0.2) is 24.3 Å². The summed E-state index contributed by atoms with van der Waals surface area (Å²) in [6.45, 7) is 2.53. The second-order valence-electron chi connectivity index (χ2n) is 6.80. The fourth-order valence-corrected chi connectivity index (χ4v) is 4.52. The third kappa shape index (κ3) is 1.91. The lowest BCUT2D eigenvalue weighted by Crippen LogP contribution is -2.58. The number of halogens is 1. The molecule has 20 heavy (non-hydrogen) atoms. The SMILES string of the molecule is C[C@]12C[C@H]3CC[C@@H](O1)[C@@H]3C[C@@H]2OCc1ccccc1F. The molecule has 0 unspecified atom stereocenters. The summed E-state index contributed by atoms with van der Waals surface area (Å²) >= 11 is 0. The Kier molecular flexibility index (Phi) is 2.90. The van der Waals surface area contributed by atoms with E-state index in [1.165, 1.54) is 18.9 Å². The highest BCUT2D eigenvalue weighted by atomic mass is 19.1. The summed E-state index contributed by atoms with van der Waals surface area (Å²) in [5, 5.41) is 0. The van der Waals surface area contributed by atoms with Crippen LogP contribution in [0.4, 0.5) is 4.39 Å². The summed E-state index contributed by atoms with van der Waals surface area (Å²) in [7, 11) is 0. The summed E-state index contributed by atoms with van der Waals surface area (Å²) < 4.78 is 26.0. The monoisotopic (exact) mass is 276 g/mol. The van der Waals surface area contributed by atoms with Gasteiger partial charge in [-0.25, -0.2) is 4.39 Å². The van der Waals surface area contributed by atoms with Gasteiger partial charge in [0.15, 0.2) is 0 Å². The molecule has 5 atom stereocenters. The van der Waals surface area contributed by atoms with Crippen molar-refractivity contribution in [2.75, 3.05) is 0 Å². The lowest BCUT2D eigenvalue weighted by molar-refractivity contribution is -0.251. The fourth-order valence-electron chi connectivity index (χ4n) is 4.52. The minimum atomic E-state index is -0.181. The van der Waals surface area contributed by atoms with Gasteiger partial charge in [-0.05, 0) is 50.5 Å². The van der Waals surface area contributed by atoms with Crippen LogP contribution in [0.1, 0.15) is 38.2 Å². The highest BCUT2D eigenvalue weighted by Crippen LogP contribution is 2.55. The third-order valence-electron chi connectivity index (χ3n) is 5.56. The van der Waals surface area contributed by atoms with E-state index in [-0.39, 0.29) is 17.5 Å². The Labute approximate surface area is 119 Å². The van der Waals surface area contributed by atoms with Gasteiger partial charge in [-0.3, -0.25) is 0 Å². The fraction of sp³-hybridized carbons (Fsp3) is 0.647. The van der Waals surface area contributed by atoms with Gasteiger partial charge < -0.3 is 9.47 Å². The zero-order valence-corrected chi connectivity index (χ0v) is 11.8. The first-order valence-electron chi connectivity index (χ1n) is 7.68. The minimum absolute atomic E-state index is 0.109. The van der Waals surface area contributed by atoms with Gasteiger partial charge in [-0.15, -0.1) is 0 Å². The highest BCUT2D eigenvalue weighted by molar-refractivity contribution is 5.16. The van der Waals surface area contributed by atoms with Crippen LogP contribution in [0.2, 0.25) is 0 Å². The highest BCUT2D eigenvalue weighted by Gasteiger charge is 2.57. The number of rotatable bonds is 3.